The standard InChI is InChI=1S/C19H17N5O/c1-23(13-12-20)19(25)18-21-17(14-15-8-4-2-5-9-15)24(22-18)16-10-6-3-7-11-16/h2-11H,13-14H2,1H3. The van der Waals surface area contributed by atoms with Gasteiger partial charge in [0, 0.05) is 13.5 Å². The molecule has 0 radical (unpaired) electrons. The predicted octanol–water partition coefficient (Wildman–Crippen LogP) is 2.45. The van der Waals surface area contributed by atoms with Crippen LogP contribution < -0.4 is 0 Å². The first-order valence-electron chi connectivity index (χ1n) is 7.86. The minimum Gasteiger partial charge on any atom is -0.326 e. The lowest BCUT2D eigenvalue weighted by Crippen LogP contribution is -2.28. The molecule has 124 valence electrons. The average molecular weight is 331 g/mol. The van der Waals surface area contributed by atoms with Gasteiger partial charge in [0.2, 0.25) is 5.82 Å². The second-order valence-electron chi connectivity index (χ2n) is 5.58. The van der Waals surface area contributed by atoms with Gasteiger partial charge in [-0.25, -0.2) is 9.67 Å². The van der Waals surface area contributed by atoms with Gasteiger partial charge in [-0.2, -0.15) is 5.26 Å². The number of carbonyl (C=O) groups is 1. The molecule has 0 unspecified atom stereocenters. The van der Waals surface area contributed by atoms with Crippen molar-refractivity contribution in [1.29, 1.82) is 5.26 Å². The van der Waals surface area contributed by atoms with Crippen molar-refractivity contribution in [3.63, 3.8) is 0 Å². The summed E-state index contributed by atoms with van der Waals surface area (Å²) in [5.74, 6) is 0.393. The summed E-state index contributed by atoms with van der Waals surface area (Å²) in [7, 11) is 1.56. The fourth-order valence-electron chi connectivity index (χ4n) is 2.45. The van der Waals surface area contributed by atoms with Crippen molar-refractivity contribution in [3.05, 3.63) is 77.9 Å². The van der Waals surface area contributed by atoms with Gasteiger partial charge < -0.3 is 4.90 Å². The van der Waals surface area contributed by atoms with Crippen LogP contribution >= 0.6 is 0 Å². The molecule has 0 fully saturated rings. The third-order valence-electron chi connectivity index (χ3n) is 3.73. The normalized spacial score (nSPS) is 10.2. The van der Waals surface area contributed by atoms with Crippen molar-refractivity contribution in [2.45, 2.75) is 6.42 Å². The van der Waals surface area contributed by atoms with Crippen molar-refractivity contribution in [3.8, 4) is 11.8 Å². The highest BCUT2D eigenvalue weighted by Gasteiger charge is 2.20. The van der Waals surface area contributed by atoms with E-state index in [2.05, 4.69) is 10.1 Å². The molecule has 0 spiro atoms. The highest BCUT2D eigenvalue weighted by Crippen LogP contribution is 2.14. The number of rotatable bonds is 5. The minimum absolute atomic E-state index is 0.00721. The molecule has 0 N–H and O–H groups in total. The molecule has 6 heteroatoms. The Morgan fingerprint density at radius 1 is 1.12 bits per heavy atom. The Balaban J connectivity index is 2.00. The maximum atomic E-state index is 12.4. The Kier molecular flexibility index (Phi) is 4.86. The van der Waals surface area contributed by atoms with Crippen molar-refractivity contribution in [2.24, 2.45) is 0 Å². The summed E-state index contributed by atoms with van der Waals surface area (Å²) in [6, 6.07) is 21.4. The van der Waals surface area contributed by atoms with Gasteiger partial charge in [-0.05, 0) is 17.7 Å². The second kappa shape index (κ2) is 7.41. The quantitative estimate of drug-likeness (QED) is 0.673. The summed E-state index contributed by atoms with van der Waals surface area (Å²) in [5, 5.41) is 13.2. The van der Waals surface area contributed by atoms with Gasteiger partial charge in [-0.3, -0.25) is 4.79 Å². The molecule has 0 bridgehead atoms. The van der Waals surface area contributed by atoms with Crippen LogP contribution in [0.3, 0.4) is 0 Å². The highest BCUT2D eigenvalue weighted by atomic mass is 16.2. The molecule has 1 heterocycles. The minimum atomic E-state index is -0.370. The number of para-hydroxylation sites is 1. The molecule has 6 nitrogen and oxygen atoms in total. The number of nitriles is 1. The molecular weight excluding hydrogens is 314 g/mol. The Hall–Kier alpha value is -3.46. The summed E-state index contributed by atoms with van der Waals surface area (Å²) < 4.78 is 1.68. The van der Waals surface area contributed by atoms with Crippen LogP contribution in [-0.2, 0) is 6.42 Å². The van der Waals surface area contributed by atoms with E-state index >= 15 is 0 Å². The van der Waals surface area contributed by atoms with Crippen LogP contribution in [0, 0.1) is 11.3 Å². The van der Waals surface area contributed by atoms with Crippen LogP contribution in [0.15, 0.2) is 60.7 Å². The van der Waals surface area contributed by atoms with E-state index in [4.69, 9.17) is 5.26 Å². The molecule has 0 aliphatic rings. The Bertz CT molecular complexity index is 897. The highest BCUT2D eigenvalue weighted by molar-refractivity contribution is 5.90. The monoisotopic (exact) mass is 331 g/mol. The van der Waals surface area contributed by atoms with Gasteiger partial charge in [0.1, 0.15) is 12.4 Å². The van der Waals surface area contributed by atoms with Crippen molar-refractivity contribution in [2.75, 3.05) is 13.6 Å². The van der Waals surface area contributed by atoms with Crippen molar-refractivity contribution in [1.82, 2.24) is 19.7 Å². The van der Waals surface area contributed by atoms with E-state index in [0.29, 0.717) is 12.2 Å². The zero-order valence-corrected chi connectivity index (χ0v) is 13.8. The van der Waals surface area contributed by atoms with Crippen molar-refractivity contribution < 1.29 is 4.79 Å². The van der Waals surface area contributed by atoms with E-state index in [1.807, 2.05) is 66.7 Å². The van der Waals surface area contributed by atoms with E-state index in [-0.39, 0.29) is 18.3 Å². The molecule has 0 atom stereocenters. The molecule has 1 amide bonds. The zero-order chi connectivity index (χ0) is 17.6. The van der Waals surface area contributed by atoms with Crippen LogP contribution in [0.25, 0.3) is 5.69 Å². The van der Waals surface area contributed by atoms with Crippen LogP contribution in [0.2, 0.25) is 0 Å². The lowest BCUT2D eigenvalue weighted by atomic mass is 10.1. The smallest absolute Gasteiger partial charge is 0.294 e. The summed E-state index contributed by atoms with van der Waals surface area (Å²) in [6.07, 6.45) is 0.554. The third kappa shape index (κ3) is 3.72. The van der Waals surface area contributed by atoms with E-state index in [1.165, 1.54) is 4.90 Å². The number of hydrogen-bond acceptors (Lipinski definition) is 4. The zero-order valence-electron chi connectivity index (χ0n) is 13.8. The molecule has 3 aromatic rings. The lowest BCUT2D eigenvalue weighted by Gasteiger charge is -2.09. The van der Waals surface area contributed by atoms with Crippen LogP contribution in [0.4, 0.5) is 0 Å². The van der Waals surface area contributed by atoms with E-state index in [1.54, 1.807) is 11.7 Å². The van der Waals surface area contributed by atoms with Crippen LogP contribution in [0.5, 0.6) is 0 Å². The average Bonchev–Trinajstić information content (AvgIpc) is 3.06. The van der Waals surface area contributed by atoms with E-state index in [9.17, 15) is 4.79 Å². The number of nitrogens with zero attached hydrogens (tertiary/aromatic N) is 5. The number of benzene rings is 2. The maximum Gasteiger partial charge on any atom is 0.294 e. The number of aromatic nitrogens is 3. The Morgan fingerprint density at radius 3 is 2.40 bits per heavy atom. The molecule has 0 saturated heterocycles. The number of carbonyl (C=O) groups excluding carboxylic acids is 1. The van der Waals surface area contributed by atoms with Crippen LogP contribution in [0.1, 0.15) is 22.0 Å². The van der Waals surface area contributed by atoms with Crippen LogP contribution in [-0.4, -0.2) is 39.2 Å². The molecular formula is C19H17N5O. The van der Waals surface area contributed by atoms with Gasteiger partial charge in [0.05, 0.1) is 11.8 Å². The topological polar surface area (TPSA) is 74.8 Å². The molecule has 3 rings (SSSR count). The first kappa shape index (κ1) is 16.4. The van der Waals surface area contributed by atoms with Crippen molar-refractivity contribution >= 4 is 5.91 Å². The first-order chi connectivity index (χ1) is 12.2. The molecule has 0 aliphatic carbocycles. The Morgan fingerprint density at radius 2 is 1.76 bits per heavy atom. The number of amides is 1. The summed E-state index contributed by atoms with van der Waals surface area (Å²) in [4.78, 5) is 18.2. The maximum absolute atomic E-state index is 12.4. The van der Waals surface area contributed by atoms with E-state index in [0.717, 1.165) is 11.3 Å². The van der Waals surface area contributed by atoms with Gasteiger partial charge >= 0.3 is 0 Å². The summed E-state index contributed by atoms with van der Waals surface area (Å²) >= 11 is 0. The molecule has 25 heavy (non-hydrogen) atoms. The lowest BCUT2D eigenvalue weighted by molar-refractivity contribution is 0.0800. The number of hydrogen-bond donors (Lipinski definition) is 0. The summed E-state index contributed by atoms with van der Waals surface area (Å²) in [5.41, 5.74) is 1.92. The molecule has 1 aromatic heterocycles. The van der Waals surface area contributed by atoms with Gasteiger partial charge in [-0.15, -0.1) is 5.10 Å². The SMILES string of the molecule is CN(CC#N)C(=O)c1nc(Cc2ccccc2)n(-c2ccccc2)n1. The fraction of sp³-hybridized carbons (Fsp3) is 0.158. The van der Waals surface area contributed by atoms with E-state index < -0.39 is 0 Å². The van der Waals surface area contributed by atoms with Gasteiger partial charge in [0.25, 0.3) is 5.91 Å². The largest absolute Gasteiger partial charge is 0.326 e. The van der Waals surface area contributed by atoms with Gasteiger partial charge in [-0.1, -0.05) is 48.5 Å². The second-order valence-corrected chi connectivity index (χ2v) is 5.58. The predicted molar refractivity (Wildman–Crippen MR) is 93.2 cm³/mol. The third-order valence-corrected chi connectivity index (χ3v) is 3.73. The molecule has 2 aromatic carbocycles. The first-order valence-corrected chi connectivity index (χ1v) is 7.86. The van der Waals surface area contributed by atoms with Gasteiger partial charge in [0.15, 0.2) is 0 Å². The molecule has 0 saturated carbocycles. The summed E-state index contributed by atoms with van der Waals surface area (Å²) in [6.45, 7) is -0.00721. The fourth-order valence-corrected chi connectivity index (χ4v) is 2.45. The molecule has 0 aliphatic heterocycles. The Labute approximate surface area is 146 Å².